The van der Waals surface area contributed by atoms with Crippen LogP contribution in [0.5, 0.6) is 5.88 Å². The van der Waals surface area contributed by atoms with Crippen LogP contribution in [0.1, 0.15) is 54.1 Å². The van der Waals surface area contributed by atoms with Gasteiger partial charge in [0, 0.05) is 24.6 Å². The summed E-state index contributed by atoms with van der Waals surface area (Å²) in [6.07, 6.45) is 5.59. The minimum Gasteiger partial charge on any atom is -0.480 e. The van der Waals surface area contributed by atoms with Crippen LogP contribution >= 0.6 is 0 Å². The van der Waals surface area contributed by atoms with E-state index >= 15 is 0 Å². The number of ether oxygens (including phenoxy) is 1. The summed E-state index contributed by atoms with van der Waals surface area (Å²) in [5, 5.41) is 2.86. The number of nitrogens with one attached hydrogen (secondary N) is 1. The third-order valence-electron chi connectivity index (χ3n) is 6.13. The molecule has 2 aromatic carbocycles. The van der Waals surface area contributed by atoms with Crippen molar-refractivity contribution in [3.05, 3.63) is 102 Å². The Hall–Kier alpha value is -4.60. The highest BCUT2D eigenvalue weighted by Gasteiger charge is 2.38. The lowest BCUT2D eigenvalue weighted by Gasteiger charge is -2.31. The summed E-state index contributed by atoms with van der Waals surface area (Å²) in [5.74, 6) is -1.37. The van der Waals surface area contributed by atoms with Gasteiger partial charge in [0.15, 0.2) is 18.1 Å². The zero-order valence-electron chi connectivity index (χ0n) is 22.2. The number of anilines is 1. The lowest BCUT2D eigenvalue weighted by atomic mass is 9.87. The summed E-state index contributed by atoms with van der Waals surface area (Å²) < 4.78 is 24.1. The van der Waals surface area contributed by atoms with Crippen LogP contribution in [0.25, 0.3) is 0 Å². The third kappa shape index (κ3) is 6.46. The summed E-state index contributed by atoms with van der Waals surface area (Å²) in [4.78, 5) is 41.6. The van der Waals surface area contributed by atoms with Crippen LogP contribution < -0.4 is 15.0 Å². The van der Waals surface area contributed by atoms with Crippen LogP contribution in [0.3, 0.4) is 0 Å². The van der Waals surface area contributed by atoms with Gasteiger partial charge in [-0.05, 0) is 47.2 Å². The van der Waals surface area contributed by atoms with Crippen LogP contribution in [-0.4, -0.2) is 40.4 Å². The second kappa shape index (κ2) is 11.8. The van der Waals surface area contributed by atoms with Gasteiger partial charge in [0.1, 0.15) is 17.8 Å². The summed E-state index contributed by atoms with van der Waals surface area (Å²) in [6.45, 7) is 6.44. The van der Waals surface area contributed by atoms with Gasteiger partial charge >= 0.3 is 0 Å². The van der Waals surface area contributed by atoms with Crippen molar-refractivity contribution < 1.29 is 23.1 Å². The first-order valence-electron chi connectivity index (χ1n) is 12.4. The number of hydrogen-bond acceptors (Lipinski definition) is 7. The van der Waals surface area contributed by atoms with Gasteiger partial charge in [0.05, 0.1) is 7.11 Å². The molecule has 0 saturated heterocycles. The molecule has 2 heterocycles. The highest BCUT2D eigenvalue weighted by molar-refractivity contribution is 6.09. The van der Waals surface area contributed by atoms with Gasteiger partial charge < -0.3 is 14.5 Å². The molecule has 0 radical (unpaired) electrons. The van der Waals surface area contributed by atoms with Gasteiger partial charge in [0.25, 0.3) is 5.91 Å². The monoisotopic (exact) mass is 531 g/mol. The lowest BCUT2D eigenvalue weighted by Crippen LogP contribution is -2.45. The number of rotatable bonds is 9. The van der Waals surface area contributed by atoms with Crippen molar-refractivity contribution in [2.45, 2.75) is 38.6 Å². The number of halogens is 1. The number of oxazole rings is 1. The molecule has 39 heavy (non-hydrogen) atoms. The maximum absolute atomic E-state index is 13.8. The van der Waals surface area contributed by atoms with Crippen molar-refractivity contribution >= 4 is 17.5 Å². The molecule has 4 rings (SSSR count). The standard InChI is InChI=1S/C29H30FN5O4/c1-29(2,3)20-8-10-22(11-9-20)35(28(37)23-17-39-18-34-23)25(24-27(38-4)33-15-14-31-24)26(36)32-13-12-19-6-5-7-21(30)16-19/h5-11,14-18,25H,12-13H2,1-4H3,(H,32,36). The Morgan fingerprint density at radius 3 is 2.46 bits per heavy atom. The second-order valence-corrected chi connectivity index (χ2v) is 9.87. The molecule has 4 aromatic rings. The van der Waals surface area contributed by atoms with E-state index in [1.54, 1.807) is 24.3 Å². The molecule has 1 atom stereocenters. The molecule has 0 aliphatic rings. The fourth-order valence-electron chi connectivity index (χ4n) is 4.11. The smallest absolute Gasteiger partial charge is 0.281 e. The Labute approximate surface area is 226 Å². The van der Waals surface area contributed by atoms with E-state index < -0.39 is 17.9 Å². The topological polar surface area (TPSA) is 110 Å². The molecular weight excluding hydrogens is 501 g/mol. The highest BCUT2D eigenvalue weighted by atomic mass is 19.1. The fourth-order valence-corrected chi connectivity index (χ4v) is 4.11. The second-order valence-electron chi connectivity index (χ2n) is 9.87. The number of hydrogen-bond donors (Lipinski definition) is 1. The SMILES string of the molecule is COc1nccnc1C(C(=O)NCCc1cccc(F)c1)N(C(=O)c1cocn1)c1ccc(C(C)(C)C)cc1. The zero-order chi connectivity index (χ0) is 28.0. The lowest BCUT2D eigenvalue weighted by molar-refractivity contribution is -0.122. The Kier molecular flexibility index (Phi) is 8.33. The predicted octanol–water partition coefficient (Wildman–Crippen LogP) is 4.66. The molecule has 0 aliphatic heterocycles. The maximum atomic E-state index is 13.8. The molecule has 0 fully saturated rings. The molecule has 0 spiro atoms. The minimum atomic E-state index is -1.27. The highest BCUT2D eigenvalue weighted by Crippen LogP contribution is 2.33. The van der Waals surface area contributed by atoms with Crippen LogP contribution in [0.2, 0.25) is 0 Å². The van der Waals surface area contributed by atoms with E-state index in [2.05, 4.69) is 41.0 Å². The number of methoxy groups -OCH3 is 1. The third-order valence-corrected chi connectivity index (χ3v) is 6.13. The van der Waals surface area contributed by atoms with Gasteiger partial charge in [-0.3, -0.25) is 19.5 Å². The van der Waals surface area contributed by atoms with Crippen LogP contribution in [0, 0.1) is 5.82 Å². The molecule has 0 bridgehead atoms. The number of carbonyl (C=O) groups is 2. The molecule has 9 nitrogen and oxygen atoms in total. The molecule has 10 heteroatoms. The van der Waals surface area contributed by atoms with Crippen molar-refractivity contribution in [1.29, 1.82) is 0 Å². The van der Waals surface area contributed by atoms with E-state index in [4.69, 9.17) is 9.15 Å². The van der Waals surface area contributed by atoms with E-state index in [1.165, 1.54) is 42.8 Å². The summed E-state index contributed by atoms with van der Waals surface area (Å²) in [5.41, 5.74) is 2.23. The quantitative estimate of drug-likeness (QED) is 0.335. The molecular formula is C29H30FN5O4. The predicted molar refractivity (Wildman–Crippen MR) is 143 cm³/mol. The van der Waals surface area contributed by atoms with Crippen molar-refractivity contribution in [1.82, 2.24) is 20.3 Å². The van der Waals surface area contributed by atoms with Crippen molar-refractivity contribution in [3.8, 4) is 5.88 Å². The largest absolute Gasteiger partial charge is 0.480 e. The van der Waals surface area contributed by atoms with E-state index in [9.17, 15) is 14.0 Å². The number of benzene rings is 2. The van der Waals surface area contributed by atoms with E-state index in [0.29, 0.717) is 12.1 Å². The summed E-state index contributed by atoms with van der Waals surface area (Å²) in [7, 11) is 1.41. The van der Waals surface area contributed by atoms with Crippen LogP contribution in [-0.2, 0) is 16.6 Å². The number of aromatic nitrogens is 3. The molecule has 2 amide bonds. The summed E-state index contributed by atoms with van der Waals surface area (Å²) >= 11 is 0. The Balaban J connectivity index is 1.76. The zero-order valence-corrected chi connectivity index (χ0v) is 22.2. The molecule has 0 saturated carbocycles. The average molecular weight is 532 g/mol. The van der Waals surface area contributed by atoms with E-state index in [1.807, 2.05) is 12.1 Å². The first kappa shape index (κ1) is 27.4. The molecule has 0 aliphatic carbocycles. The Bertz CT molecular complexity index is 1420. The number of carbonyl (C=O) groups excluding carboxylic acids is 2. The first-order valence-corrected chi connectivity index (χ1v) is 12.4. The average Bonchev–Trinajstić information content (AvgIpc) is 3.46. The Morgan fingerprint density at radius 2 is 1.82 bits per heavy atom. The minimum absolute atomic E-state index is 0.00955. The van der Waals surface area contributed by atoms with E-state index in [-0.39, 0.29) is 35.0 Å². The molecule has 1 unspecified atom stereocenters. The maximum Gasteiger partial charge on any atom is 0.281 e. The Morgan fingerprint density at radius 1 is 1.08 bits per heavy atom. The van der Waals surface area contributed by atoms with E-state index in [0.717, 1.165) is 17.5 Å². The molecule has 202 valence electrons. The number of amides is 2. The summed E-state index contributed by atoms with van der Waals surface area (Å²) in [6, 6.07) is 12.2. The van der Waals surface area contributed by atoms with Gasteiger partial charge in [-0.2, -0.15) is 0 Å². The van der Waals surface area contributed by atoms with Crippen molar-refractivity contribution in [3.63, 3.8) is 0 Å². The molecule has 1 N–H and O–H groups in total. The van der Waals surface area contributed by atoms with Crippen LogP contribution in [0.4, 0.5) is 10.1 Å². The first-order chi connectivity index (χ1) is 18.7. The normalized spacial score (nSPS) is 12.0. The fraction of sp³-hybridized carbons (Fsp3) is 0.276. The van der Waals surface area contributed by atoms with Crippen molar-refractivity contribution in [2.24, 2.45) is 0 Å². The van der Waals surface area contributed by atoms with Crippen molar-refractivity contribution in [2.75, 3.05) is 18.6 Å². The van der Waals surface area contributed by atoms with Gasteiger partial charge in [0.2, 0.25) is 11.8 Å². The van der Waals surface area contributed by atoms with Gasteiger partial charge in [-0.25, -0.2) is 14.4 Å². The van der Waals surface area contributed by atoms with Crippen LogP contribution in [0.15, 0.2) is 78.0 Å². The van der Waals surface area contributed by atoms with Gasteiger partial charge in [-0.15, -0.1) is 0 Å². The molecule has 2 aromatic heterocycles. The number of nitrogens with zero attached hydrogens (tertiary/aromatic N) is 4. The van der Waals surface area contributed by atoms with Gasteiger partial charge in [-0.1, -0.05) is 45.0 Å².